The minimum Gasteiger partial charge on any atom is -0.477 e. The van der Waals surface area contributed by atoms with Gasteiger partial charge >= 0.3 is 17.9 Å². The molecule has 0 saturated heterocycles. The van der Waals surface area contributed by atoms with Crippen molar-refractivity contribution in [2.75, 3.05) is 47.5 Å². The minimum absolute atomic E-state index is 0.174. The lowest BCUT2D eigenvalue weighted by Crippen LogP contribution is -2.40. The molecule has 538 valence electrons. The Balaban J connectivity index is 3.95. The van der Waals surface area contributed by atoms with Gasteiger partial charge in [-0.1, -0.05) is 391 Å². The first-order chi connectivity index (χ1) is 44.6. The van der Waals surface area contributed by atoms with E-state index >= 15 is 0 Å². The number of ether oxygens (including phenoxy) is 4. The van der Waals surface area contributed by atoms with Gasteiger partial charge in [0.25, 0.3) is 6.29 Å². The normalized spacial score (nSPS) is 12.7. The van der Waals surface area contributed by atoms with E-state index in [0.29, 0.717) is 17.4 Å². The van der Waals surface area contributed by atoms with Crippen molar-refractivity contribution >= 4 is 17.9 Å². The van der Waals surface area contributed by atoms with Crippen LogP contribution in [0.25, 0.3) is 0 Å². The number of likely N-dealkylation sites (N-methyl/N-ethyl adjacent to an activating group) is 1. The number of carboxylic acids is 1. The highest BCUT2D eigenvalue weighted by Gasteiger charge is 2.25. The van der Waals surface area contributed by atoms with Crippen LogP contribution in [0, 0.1) is 0 Å². The van der Waals surface area contributed by atoms with Crippen molar-refractivity contribution in [2.45, 2.75) is 437 Å². The highest BCUT2D eigenvalue weighted by molar-refractivity contribution is 5.71. The number of nitrogens with zero attached hydrogens (tertiary/aromatic N) is 1. The number of allylic oxidation sites excluding steroid dienone is 4. The predicted octanol–water partition coefficient (Wildman–Crippen LogP) is 25.7. The smallest absolute Gasteiger partial charge is 0.361 e. The fraction of sp³-hybridized carbons (Fsp3) is 0.915. The number of carbonyl (C=O) groups excluding carboxylic acids is 2. The molecule has 0 rings (SSSR count). The van der Waals surface area contributed by atoms with E-state index in [1.165, 1.54) is 353 Å². The van der Waals surface area contributed by atoms with Gasteiger partial charge in [0.05, 0.1) is 34.4 Å². The minimum atomic E-state index is -1.51. The van der Waals surface area contributed by atoms with Crippen LogP contribution in [0.1, 0.15) is 425 Å². The first-order valence-electron chi connectivity index (χ1n) is 40.5. The number of aliphatic carboxylic acids is 1. The van der Waals surface area contributed by atoms with Gasteiger partial charge in [0, 0.05) is 12.8 Å². The lowest BCUT2D eigenvalue weighted by Gasteiger charge is -2.25. The topological polar surface area (TPSA) is 108 Å². The zero-order valence-corrected chi connectivity index (χ0v) is 61.8. The fourth-order valence-electron chi connectivity index (χ4n) is 12.5. The maximum Gasteiger partial charge on any atom is 0.361 e. The van der Waals surface area contributed by atoms with Crippen LogP contribution < -0.4 is 0 Å². The lowest BCUT2D eigenvalue weighted by molar-refractivity contribution is -0.870. The van der Waals surface area contributed by atoms with Gasteiger partial charge in [-0.25, -0.2) is 4.79 Å². The molecule has 0 spiro atoms. The van der Waals surface area contributed by atoms with E-state index in [2.05, 4.69) is 38.2 Å². The van der Waals surface area contributed by atoms with E-state index in [4.69, 9.17) is 18.9 Å². The molecule has 0 aliphatic carbocycles. The SMILES string of the molecule is CCCCCCC/C=C\C/C=C\CCCCCCCCCCCCCCCCCCCCCC(=O)OC(COC(=O)CCCCCCCCCCCCCCCCCCCCCCCCCCCCCCCCCCCCC)COC(OCC[N+](C)(C)C)C(=O)O. The summed E-state index contributed by atoms with van der Waals surface area (Å²) in [6.07, 6.45) is 90.6. The number of quaternary nitrogens is 1. The van der Waals surface area contributed by atoms with E-state index in [1.54, 1.807) is 0 Å². The van der Waals surface area contributed by atoms with Crippen LogP contribution in [0.15, 0.2) is 24.3 Å². The van der Waals surface area contributed by atoms with Crippen LogP contribution in [0.2, 0.25) is 0 Å². The first-order valence-corrected chi connectivity index (χ1v) is 40.5. The molecule has 0 amide bonds. The molecule has 2 atom stereocenters. The molecule has 9 heteroatoms. The summed E-state index contributed by atoms with van der Waals surface area (Å²) in [5.41, 5.74) is 0. The van der Waals surface area contributed by atoms with Crippen LogP contribution in [-0.2, 0) is 33.3 Å². The maximum absolute atomic E-state index is 13.0. The first kappa shape index (κ1) is 88.8. The number of esters is 2. The van der Waals surface area contributed by atoms with Gasteiger partial charge in [-0.05, 0) is 44.9 Å². The van der Waals surface area contributed by atoms with E-state index in [-0.39, 0.29) is 38.2 Å². The second-order valence-corrected chi connectivity index (χ2v) is 29.1. The Hall–Kier alpha value is -2.23. The molecule has 0 aromatic rings. The molecule has 0 aromatic heterocycles. The summed E-state index contributed by atoms with van der Waals surface area (Å²) in [5, 5.41) is 9.77. The average Bonchev–Trinajstić information content (AvgIpc) is 3.65. The van der Waals surface area contributed by atoms with E-state index < -0.39 is 18.4 Å². The van der Waals surface area contributed by atoms with E-state index in [1.807, 2.05) is 21.1 Å². The van der Waals surface area contributed by atoms with Crippen molar-refractivity contribution in [2.24, 2.45) is 0 Å². The molecule has 0 aliphatic rings. The van der Waals surface area contributed by atoms with Gasteiger partial charge in [0.1, 0.15) is 13.2 Å². The molecule has 0 fully saturated rings. The molecule has 9 nitrogen and oxygen atoms in total. The number of hydrogen-bond donors (Lipinski definition) is 1. The van der Waals surface area contributed by atoms with Crippen LogP contribution in [0.4, 0.5) is 0 Å². The predicted molar refractivity (Wildman–Crippen MR) is 392 cm³/mol. The molecule has 0 aliphatic heterocycles. The number of hydrogen-bond acceptors (Lipinski definition) is 7. The van der Waals surface area contributed by atoms with Crippen LogP contribution in [0.3, 0.4) is 0 Å². The largest absolute Gasteiger partial charge is 0.477 e. The van der Waals surface area contributed by atoms with Crippen molar-refractivity contribution < 1.29 is 42.9 Å². The molecular formula is C82H158NO8+. The summed E-state index contributed by atoms with van der Waals surface area (Å²) in [4.78, 5) is 37.7. The summed E-state index contributed by atoms with van der Waals surface area (Å²) in [6.45, 7) is 4.96. The summed E-state index contributed by atoms with van der Waals surface area (Å²) in [5.74, 6) is -1.97. The third-order valence-corrected chi connectivity index (χ3v) is 18.7. The van der Waals surface area contributed by atoms with Gasteiger partial charge in [0.15, 0.2) is 6.10 Å². The van der Waals surface area contributed by atoms with Gasteiger partial charge < -0.3 is 28.5 Å². The summed E-state index contributed by atoms with van der Waals surface area (Å²) in [7, 11) is 6.00. The molecule has 1 N–H and O–H groups in total. The summed E-state index contributed by atoms with van der Waals surface area (Å²) in [6, 6.07) is 0. The van der Waals surface area contributed by atoms with Crippen molar-refractivity contribution in [1.82, 2.24) is 0 Å². The number of unbranched alkanes of at least 4 members (excludes halogenated alkanes) is 58. The third-order valence-electron chi connectivity index (χ3n) is 18.7. The fourth-order valence-corrected chi connectivity index (χ4v) is 12.5. The highest BCUT2D eigenvalue weighted by Crippen LogP contribution is 2.20. The lowest BCUT2D eigenvalue weighted by atomic mass is 10.0. The molecule has 0 aromatic carbocycles. The molecule has 91 heavy (non-hydrogen) atoms. The second kappa shape index (κ2) is 73.6. The number of rotatable bonds is 77. The van der Waals surface area contributed by atoms with Crippen molar-refractivity contribution in [3.8, 4) is 0 Å². The highest BCUT2D eigenvalue weighted by atomic mass is 16.7. The van der Waals surface area contributed by atoms with Gasteiger partial charge in [-0.3, -0.25) is 9.59 Å². The zero-order chi connectivity index (χ0) is 66.1. The van der Waals surface area contributed by atoms with Crippen molar-refractivity contribution in [3.63, 3.8) is 0 Å². The Morgan fingerprint density at radius 3 is 0.868 bits per heavy atom. The standard InChI is InChI=1S/C82H157NO8/c1-6-8-10-12-14-16-18-20-22-24-26-28-30-32-34-36-38-39-40-41-43-44-46-48-50-52-54-56-58-60-62-64-66-68-70-72-79(84)89-76-78(77-90-82(81(86)87)88-75-74-83(3,4)5)91-80(85)73-71-69-67-65-63-61-59-57-55-53-51-49-47-45-42-37-35-33-31-29-27-25-23-21-19-17-15-13-11-9-7-2/h19,21,25,27,78,82H,6-18,20,22-24,26,28-77H2,1-5H3/p+1/b21-19-,27-25-. The quantitative estimate of drug-likeness (QED) is 0.0211. The van der Waals surface area contributed by atoms with Crippen LogP contribution >= 0.6 is 0 Å². The van der Waals surface area contributed by atoms with Crippen LogP contribution in [-0.4, -0.2) is 87.4 Å². The van der Waals surface area contributed by atoms with Gasteiger partial charge in [-0.2, -0.15) is 0 Å². The summed E-state index contributed by atoms with van der Waals surface area (Å²) >= 11 is 0. The van der Waals surface area contributed by atoms with E-state index in [9.17, 15) is 19.5 Å². The van der Waals surface area contributed by atoms with Gasteiger partial charge in [-0.15, -0.1) is 0 Å². The molecule has 0 bridgehead atoms. The zero-order valence-electron chi connectivity index (χ0n) is 61.8. The van der Waals surface area contributed by atoms with Crippen molar-refractivity contribution in [1.29, 1.82) is 0 Å². The molecular weight excluding hydrogens is 1130 g/mol. The Kier molecular flexibility index (Phi) is 71.8. The second-order valence-electron chi connectivity index (χ2n) is 29.1. The van der Waals surface area contributed by atoms with Crippen molar-refractivity contribution in [3.05, 3.63) is 24.3 Å². The Labute approximate surface area is 567 Å². The average molecular weight is 1290 g/mol. The Bertz CT molecular complexity index is 1540. The monoisotopic (exact) mass is 1290 g/mol. The third kappa shape index (κ3) is 75.0. The molecule has 0 saturated carbocycles. The van der Waals surface area contributed by atoms with Crippen LogP contribution in [0.5, 0.6) is 0 Å². The van der Waals surface area contributed by atoms with E-state index in [0.717, 1.165) is 44.9 Å². The Morgan fingerprint density at radius 1 is 0.330 bits per heavy atom. The maximum atomic E-state index is 13.0. The number of carboxylic acid groups (broad SMARTS) is 1. The van der Waals surface area contributed by atoms with Gasteiger partial charge in [0.2, 0.25) is 0 Å². The molecule has 0 heterocycles. The number of carbonyl (C=O) groups is 3. The summed E-state index contributed by atoms with van der Waals surface area (Å²) < 4.78 is 23.1. The Morgan fingerprint density at radius 2 is 0.593 bits per heavy atom. The molecule has 0 radical (unpaired) electrons. The molecule has 2 unspecified atom stereocenters.